The highest BCUT2D eigenvalue weighted by Crippen LogP contribution is 2.16. The van der Waals surface area contributed by atoms with Crippen LogP contribution in [-0.2, 0) is 0 Å². The maximum atomic E-state index is 4.17. The zero-order valence-corrected chi connectivity index (χ0v) is 8.83. The Morgan fingerprint density at radius 2 is 2.23 bits per heavy atom. The molecule has 0 fully saturated rings. The van der Waals surface area contributed by atoms with Crippen LogP contribution in [0.4, 0.5) is 0 Å². The molecule has 0 N–H and O–H groups in total. The standard InChI is InChI=1S/C11H18BN/c1-4-10(3)12(5-2)11-7-6-8-13-9-11/h6-10H,4-5H2,1-3H3/t10-/m1/s1. The fraction of sp³-hybridized carbons (Fsp3) is 0.545. The first-order valence-corrected chi connectivity index (χ1v) is 5.19. The zero-order valence-electron chi connectivity index (χ0n) is 8.83. The van der Waals surface area contributed by atoms with Crippen molar-refractivity contribution < 1.29 is 0 Å². The molecule has 0 aromatic carbocycles. The molecule has 1 heterocycles. The molecule has 0 aliphatic rings. The lowest BCUT2D eigenvalue weighted by Crippen LogP contribution is -2.33. The van der Waals surface area contributed by atoms with Crippen LogP contribution in [0.1, 0.15) is 27.2 Å². The van der Waals surface area contributed by atoms with Crippen LogP contribution < -0.4 is 5.46 Å². The quantitative estimate of drug-likeness (QED) is 0.641. The lowest BCUT2D eigenvalue weighted by Gasteiger charge is -2.17. The van der Waals surface area contributed by atoms with E-state index in [4.69, 9.17) is 0 Å². The van der Waals surface area contributed by atoms with Crippen molar-refractivity contribution in [1.29, 1.82) is 0 Å². The predicted molar refractivity (Wildman–Crippen MR) is 59.8 cm³/mol. The van der Waals surface area contributed by atoms with E-state index >= 15 is 0 Å². The molecule has 0 aliphatic carbocycles. The maximum Gasteiger partial charge on any atom is 0.180 e. The van der Waals surface area contributed by atoms with Gasteiger partial charge in [0.05, 0.1) is 0 Å². The number of nitrogens with zero attached hydrogens (tertiary/aromatic N) is 1. The van der Waals surface area contributed by atoms with Gasteiger partial charge >= 0.3 is 0 Å². The minimum Gasteiger partial charge on any atom is -0.265 e. The van der Waals surface area contributed by atoms with Gasteiger partial charge in [0.25, 0.3) is 0 Å². The Morgan fingerprint density at radius 3 is 2.69 bits per heavy atom. The summed E-state index contributed by atoms with van der Waals surface area (Å²) in [6.45, 7) is 7.51. The summed E-state index contributed by atoms with van der Waals surface area (Å²) in [5.74, 6) is 0.759. The first-order valence-electron chi connectivity index (χ1n) is 5.19. The molecule has 0 aliphatic heterocycles. The molecule has 70 valence electrons. The summed E-state index contributed by atoms with van der Waals surface area (Å²) in [4.78, 5) is 4.17. The van der Waals surface area contributed by atoms with Gasteiger partial charge in [-0.3, -0.25) is 4.98 Å². The molecule has 13 heavy (non-hydrogen) atoms. The van der Waals surface area contributed by atoms with Gasteiger partial charge < -0.3 is 0 Å². The highest BCUT2D eigenvalue weighted by molar-refractivity contribution is 6.74. The molecule has 1 rings (SSSR count). The molecule has 0 saturated heterocycles. The van der Waals surface area contributed by atoms with Crippen LogP contribution in [0, 0.1) is 0 Å². The predicted octanol–water partition coefficient (Wildman–Crippen LogP) is 2.60. The van der Waals surface area contributed by atoms with Crippen molar-refractivity contribution in [2.45, 2.75) is 39.3 Å². The van der Waals surface area contributed by atoms with E-state index in [9.17, 15) is 0 Å². The van der Waals surface area contributed by atoms with Crippen molar-refractivity contribution in [3.05, 3.63) is 24.5 Å². The van der Waals surface area contributed by atoms with Gasteiger partial charge in [0, 0.05) is 12.4 Å². The molecule has 1 atom stereocenters. The third-order valence-electron chi connectivity index (χ3n) is 2.88. The normalized spacial score (nSPS) is 12.5. The van der Waals surface area contributed by atoms with E-state index in [-0.39, 0.29) is 0 Å². The second-order valence-corrected chi connectivity index (χ2v) is 3.69. The Balaban J connectivity index is 2.78. The molecule has 0 radical (unpaired) electrons. The highest BCUT2D eigenvalue weighted by Gasteiger charge is 2.19. The summed E-state index contributed by atoms with van der Waals surface area (Å²) < 4.78 is 0. The van der Waals surface area contributed by atoms with Gasteiger partial charge in [-0.1, -0.05) is 50.9 Å². The van der Waals surface area contributed by atoms with Crippen LogP contribution in [0.5, 0.6) is 0 Å². The first kappa shape index (κ1) is 10.3. The molecule has 2 heteroatoms. The van der Waals surface area contributed by atoms with Crippen LogP contribution >= 0.6 is 0 Å². The Kier molecular flexibility index (Phi) is 4.00. The van der Waals surface area contributed by atoms with E-state index in [0.29, 0.717) is 6.71 Å². The van der Waals surface area contributed by atoms with E-state index in [1.165, 1.54) is 18.2 Å². The van der Waals surface area contributed by atoms with Gasteiger partial charge in [-0.05, 0) is 6.07 Å². The average Bonchev–Trinajstić information content (AvgIpc) is 2.20. The summed E-state index contributed by atoms with van der Waals surface area (Å²) in [5.41, 5.74) is 1.39. The van der Waals surface area contributed by atoms with Gasteiger partial charge in [0.2, 0.25) is 0 Å². The monoisotopic (exact) mass is 175 g/mol. The Labute approximate surface area is 81.7 Å². The molecule has 0 bridgehead atoms. The number of hydrogen-bond acceptors (Lipinski definition) is 1. The fourth-order valence-corrected chi connectivity index (χ4v) is 1.85. The van der Waals surface area contributed by atoms with Gasteiger partial charge in [-0.25, -0.2) is 0 Å². The third kappa shape index (κ3) is 2.58. The summed E-state index contributed by atoms with van der Waals surface area (Å²) in [6, 6.07) is 4.22. The molecule has 1 aromatic heterocycles. The summed E-state index contributed by atoms with van der Waals surface area (Å²) in [5, 5.41) is 0. The van der Waals surface area contributed by atoms with Gasteiger partial charge in [0.15, 0.2) is 6.71 Å². The van der Waals surface area contributed by atoms with Crippen molar-refractivity contribution in [3.63, 3.8) is 0 Å². The van der Waals surface area contributed by atoms with E-state index in [1.807, 2.05) is 18.5 Å². The smallest absolute Gasteiger partial charge is 0.180 e. The summed E-state index contributed by atoms with van der Waals surface area (Å²) in [7, 11) is 0. The van der Waals surface area contributed by atoms with Crippen molar-refractivity contribution >= 4 is 12.2 Å². The number of hydrogen-bond donors (Lipinski definition) is 0. The fourth-order valence-electron chi connectivity index (χ4n) is 1.85. The molecule has 0 spiro atoms. The molecule has 0 saturated carbocycles. The maximum absolute atomic E-state index is 4.17. The second-order valence-electron chi connectivity index (χ2n) is 3.69. The van der Waals surface area contributed by atoms with Crippen LogP contribution in [-0.4, -0.2) is 11.7 Å². The first-order chi connectivity index (χ1) is 6.29. The van der Waals surface area contributed by atoms with Crippen LogP contribution in [0.3, 0.4) is 0 Å². The van der Waals surface area contributed by atoms with Crippen molar-refractivity contribution in [1.82, 2.24) is 4.98 Å². The van der Waals surface area contributed by atoms with E-state index in [0.717, 1.165) is 5.82 Å². The van der Waals surface area contributed by atoms with Crippen LogP contribution in [0.15, 0.2) is 24.5 Å². The van der Waals surface area contributed by atoms with Gasteiger partial charge in [-0.15, -0.1) is 0 Å². The topological polar surface area (TPSA) is 12.9 Å². The molecular formula is C11H18BN. The average molecular weight is 175 g/mol. The van der Waals surface area contributed by atoms with Gasteiger partial charge in [-0.2, -0.15) is 0 Å². The number of aromatic nitrogens is 1. The minimum atomic E-state index is 0.679. The third-order valence-corrected chi connectivity index (χ3v) is 2.88. The van der Waals surface area contributed by atoms with E-state index < -0.39 is 0 Å². The van der Waals surface area contributed by atoms with Gasteiger partial charge in [0.1, 0.15) is 0 Å². The molecule has 1 nitrogen and oxygen atoms in total. The number of pyridine rings is 1. The molecule has 0 unspecified atom stereocenters. The number of rotatable bonds is 4. The van der Waals surface area contributed by atoms with E-state index in [2.05, 4.69) is 31.8 Å². The SMILES string of the molecule is CCB(c1cccnc1)[C@H](C)CC. The minimum absolute atomic E-state index is 0.679. The van der Waals surface area contributed by atoms with Crippen LogP contribution in [0.2, 0.25) is 12.1 Å². The van der Waals surface area contributed by atoms with Crippen molar-refractivity contribution in [3.8, 4) is 0 Å². The van der Waals surface area contributed by atoms with Crippen molar-refractivity contribution in [2.75, 3.05) is 0 Å². The highest BCUT2D eigenvalue weighted by atomic mass is 14.6. The molecule has 1 aromatic rings. The Bertz CT molecular complexity index is 235. The lowest BCUT2D eigenvalue weighted by atomic mass is 9.36. The van der Waals surface area contributed by atoms with E-state index in [1.54, 1.807) is 0 Å². The largest absolute Gasteiger partial charge is 0.265 e. The second kappa shape index (κ2) is 5.06. The van der Waals surface area contributed by atoms with Crippen molar-refractivity contribution in [2.24, 2.45) is 0 Å². The van der Waals surface area contributed by atoms with Crippen LogP contribution in [0.25, 0.3) is 0 Å². The molecule has 0 amide bonds. The Morgan fingerprint density at radius 1 is 1.46 bits per heavy atom. The summed E-state index contributed by atoms with van der Waals surface area (Å²) in [6.07, 6.45) is 6.29. The lowest BCUT2D eigenvalue weighted by molar-refractivity contribution is 0.856. The zero-order chi connectivity index (χ0) is 9.68. The molecular weight excluding hydrogens is 157 g/mol. The summed E-state index contributed by atoms with van der Waals surface area (Å²) >= 11 is 0. The Hall–Kier alpha value is -0.785.